The van der Waals surface area contributed by atoms with Crippen LogP contribution in [0.5, 0.6) is 11.5 Å². The number of aromatic nitrogens is 3. The van der Waals surface area contributed by atoms with Gasteiger partial charge in [0.2, 0.25) is 12.7 Å². The van der Waals surface area contributed by atoms with Crippen LogP contribution in [0.1, 0.15) is 5.56 Å². The van der Waals surface area contributed by atoms with E-state index in [0.717, 1.165) is 17.3 Å². The Morgan fingerprint density at radius 2 is 2.19 bits per heavy atom. The molecule has 2 aromatic rings. The molecule has 0 amide bonds. The number of ether oxygens (including phenoxy) is 2. The molecule has 110 valence electrons. The number of carbonyl (C=O) groups is 1. The Morgan fingerprint density at radius 3 is 3.00 bits per heavy atom. The largest absolute Gasteiger partial charge is 0.481 e. The second kappa shape index (κ2) is 5.52. The number of aliphatic carboxylic acids is 1. The van der Waals surface area contributed by atoms with Crippen LogP contribution in [0.25, 0.3) is 0 Å². The number of nitrogens with two attached hydrogens (primary N) is 1. The Hall–Kier alpha value is -2.42. The fourth-order valence-electron chi connectivity index (χ4n) is 1.90. The molecule has 0 fully saturated rings. The monoisotopic (exact) mass is 308 g/mol. The van der Waals surface area contributed by atoms with E-state index < -0.39 is 5.97 Å². The van der Waals surface area contributed by atoms with Gasteiger partial charge in [0, 0.05) is 0 Å². The highest BCUT2D eigenvalue weighted by Gasteiger charge is 2.16. The van der Waals surface area contributed by atoms with Crippen molar-refractivity contribution in [2.75, 3.05) is 18.3 Å². The Kier molecular flexibility index (Phi) is 3.57. The number of fused-ring (bicyclic) bond motifs is 1. The number of carboxylic acid groups (broad SMARTS) is 1. The van der Waals surface area contributed by atoms with E-state index in [4.69, 9.17) is 20.3 Å². The molecule has 8 nitrogen and oxygen atoms in total. The smallest absolute Gasteiger partial charge is 0.313 e. The average Bonchev–Trinajstić information content (AvgIpc) is 3.04. The lowest BCUT2D eigenvalue weighted by Crippen LogP contribution is -2.07. The van der Waals surface area contributed by atoms with E-state index in [9.17, 15) is 4.79 Å². The summed E-state index contributed by atoms with van der Waals surface area (Å²) in [5.41, 5.74) is 6.71. The van der Waals surface area contributed by atoms with Gasteiger partial charge in [0.1, 0.15) is 0 Å². The number of nitrogen functional groups attached to an aromatic ring is 1. The lowest BCUT2D eigenvalue weighted by Gasteiger charge is -2.08. The number of hydrogen-bond acceptors (Lipinski definition) is 7. The summed E-state index contributed by atoms with van der Waals surface area (Å²) in [4.78, 5) is 10.6. The molecule has 0 spiro atoms. The first kappa shape index (κ1) is 13.6. The topological polar surface area (TPSA) is 112 Å². The van der Waals surface area contributed by atoms with Crippen molar-refractivity contribution in [1.29, 1.82) is 0 Å². The highest BCUT2D eigenvalue weighted by atomic mass is 32.2. The molecule has 3 rings (SSSR count). The minimum Gasteiger partial charge on any atom is -0.481 e. The van der Waals surface area contributed by atoms with Crippen LogP contribution in [-0.4, -0.2) is 38.4 Å². The number of carboxylic acids is 1. The summed E-state index contributed by atoms with van der Waals surface area (Å²) >= 11 is 1.07. The van der Waals surface area contributed by atoms with Crippen molar-refractivity contribution < 1.29 is 19.4 Å². The second-order valence-electron chi connectivity index (χ2n) is 4.30. The Labute approximate surface area is 123 Å². The van der Waals surface area contributed by atoms with Crippen LogP contribution in [0, 0.1) is 0 Å². The van der Waals surface area contributed by atoms with Gasteiger partial charge in [-0.05, 0) is 17.7 Å². The Morgan fingerprint density at radius 1 is 1.38 bits per heavy atom. The molecule has 0 saturated heterocycles. The van der Waals surface area contributed by atoms with E-state index in [1.165, 1.54) is 0 Å². The lowest BCUT2D eigenvalue weighted by atomic mass is 10.2. The van der Waals surface area contributed by atoms with Crippen LogP contribution >= 0.6 is 11.8 Å². The molecule has 1 aromatic carbocycles. The van der Waals surface area contributed by atoms with Gasteiger partial charge in [0.05, 0.1) is 12.3 Å². The molecule has 0 saturated carbocycles. The third kappa shape index (κ3) is 2.87. The van der Waals surface area contributed by atoms with E-state index in [-0.39, 0.29) is 18.5 Å². The molecule has 0 aliphatic carbocycles. The van der Waals surface area contributed by atoms with Crippen LogP contribution in [0.15, 0.2) is 23.4 Å². The zero-order valence-electron chi connectivity index (χ0n) is 10.9. The summed E-state index contributed by atoms with van der Waals surface area (Å²) < 4.78 is 12.2. The molecule has 1 aromatic heterocycles. The normalized spacial score (nSPS) is 12.6. The summed E-state index contributed by atoms with van der Waals surface area (Å²) in [6, 6.07) is 5.56. The van der Waals surface area contributed by atoms with Crippen molar-refractivity contribution in [3.05, 3.63) is 23.8 Å². The number of hydrogen-bond donors (Lipinski definition) is 2. The maximum Gasteiger partial charge on any atom is 0.313 e. The molecule has 9 heteroatoms. The van der Waals surface area contributed by atoms with Crippen LogP contribution < -0.4 is 15.2 Å². The maximum atomic E-state index is 10.6. The first-order valence-electron chi connectivity index (χ1n) is 6.05. The van der Waals surface area contributed by atoms with E-state index in [2.05, 4.69) is 10.2 Å². The molecule has 21 heavy (non-hydrogen) atoms. The first-order chi connectivity index (χ1) is 10.1. The first-order valence-corrected chi connectivity index (χ1v) is 7.04. The molecule has 3 N–H and O–H groups in total. The average molecular weight is 308 g/mol. The molecule has 1 aliphatic rings. The van der Waals surface area contributed by atoms with E-state index >= 15 is 0 Å². The molecular formula is C12H12N4O4S. The number of benzene rings is 1. The molecule has 1 aliphatic heterocycles. The molecular weight excluding hydrogens is 296 g/mol. The predicted molar refractivity (Wildman–Crippen MR) is 74.5 cm³/mol. The van der Waals surface area contributed by atoms with Crippen LogP contribution in [0.3, 0.4) is 0 Å². The fraction of sp³-hybridized carbons (Fsp3) is 0.250. The zero-order valence-corrected chi connectivity index (χ0v) is 11.7. The minimum atomic E-state index is -0.920. The summed E-state index contributed by atoms with van der Waals surface area (Å²) in [7, 11) is 0. The van der Waals surface area contributed by atoms with Gasteiger partial charge in [-0.2, -0.15) is 0 Å². The molecule has 0 bridgehead atoms. The number of nitrogens with zero attached hydrogens (tertiary/aromatic N) is 3. The van der Waals surface area contributed by atoms with E-state index in [1.807, 2.05) is 18.2 Å². The quantitative estimate of drug-likeness (QED) is 0.780. The van der Waals surface area contributed by atoms with Gasteiger partial charge in [-0.3, -0.25) is 9.36 Å². The van der Waals surface area contributed by atoms with Crippen LogP contribution in [0.4, 0.5) is 5.95 Å². The van der Waals surface area contributed by atoms with E-state index in [0.29, 0.717) is 23.2 Å². The summed E-state index contributed by atoms with van der Waals surface area (Å²) in [6.45, 7) is 0.644. The number of rotatable bonds is 5. The highest BCUT2D eigenvalue weighted by molar-refractivity contribution is 7.99. The number of anilines is 1. The van der Waals surface area contributed by atoms with Gasteiger partial charge in [0.15, 0.2) is 16.7 Å². The summed E-state index contributed by atoms with van der Waals surface area (Å²) in [5.74, 6) is 0.603. The van der Waals surface area contributed by atoms with Gasteiger partial charge < -0.3 is 20.3 Å². The molecule has 0 atom stereocenters. The SMILES string of the molecule is Nc1nnc(SCC(=O)O)n1Cc1ccc2c(c1)OCO2. The van der Waals surface area contributed by atoms with Crippen molar-refractivity contribution in [3.8, 4) is 11.5 Å². The standard InChI is InChI=1S/C12H12N4O4S/c13-11-14-15-12(21-5-10(17)18)16(11)4-7-1-2-8-9(3-7)20-6-19-8/h1-3H,4-6H2,(H2,13,14)(H,17,18). The zero-order chi connectivity index (χ0) is 14.8. The third-order valence-corrected chi connectivity index (χ3v) is 3.80. The van der Waals surface area contributed by atoms with Crippen molar-refractivity contribution in [3.63, 3.8) is 0 Å². The molecule has 0 radical (unpaired) electrons. The predicted octanol–water partition coefficient (Wildman–Crippen LogP) is 0.814. The van der Waals surface area contributed by atoms with Crippen molar-refractivity contribution in [2.24, 2.45) is 0 Å². The van der Waals surface area contributed by atoms with Crippen molar-refractivity contribution >= 4 is 23.7 Å². The summed E-state index contributed by atoms with van der Waals surface area (Å²) in [6.07, 6.45) is 0. The minimum absolute atomic E-state index is 0.0979. The summed E-state index contributed by atoms with van der Waals surface area (Å²) in [5, 5.41) is 16.9. The fourth-order valence-corrected chi connectivity index (χ4v) is 2.57. The van der Waals surface area contributed by atoms with Gasteiger partial charge >= 0.3 is 5.97 Å². The Balaban J connectivity index is 1.81. The molecule has 0 unspecified atom stereocenters. The third-order valence-electron chi connectivity index (χ3n) is 2.85. The van der Waals surface area contributed by atoms with Crippen molar-refractivity contribution in [1.82, 2.24) is 14.8 Å². The highest BCUT2D eigenvalue weighted by Crippen LogP contribution is 2.33. The van der Waals surface area contributed by atoms with Gasteiger partial charge in [0.25, 0.3) is 0 Å². The van der Waals surface area contributed by atoms with Crippen molar-refractivity contribution in [2.45, 2.75) is 11.7 Å². The number of thioether (sulfide) groups is 1. The second-order valence-corrected chi connectivity index (χ2v) is 5.24. The van der Waals surface area contributed by atoms with Gasteiger partial charge in [-0.15, -0.1) is 10.2 Å². The van der Waals surface area contributed by atoms with Gasteiger partial charge in [-0.1, -0.05) is 17.8 Å². The van der Waals surface area contributed by atoms with Crippen LogP contribution in [0.2, 0.25) is 0 Å². The molecule has 2 heterocycles. The van der Waals surface area contributed by atoms with E-state index in [1.54, 1.807) is 4.57 Å². The lowest BCUT2D eigenvalue weighted by molar-refractivity contribution is -0.133. The Bertz CT molecular complexity index is 688. The van der Waals surface area contributed by atoms with Gasteiger partial charge in [-0.25, -0.2) is 0 Å². The van der Waals surface area contributed by atoms with Crippen LogP contribution in [-0.2, 0) is 11.3 Å². The maximum absolute atomic E-state index is 10.6.